The van der Waals surface area contributed by atoms with Crippen molar-refractivity contribution in [3.63, 3.8) is 0 Å². The van der Waals surface area contributed by atoms with E-state index in [1.54, 1.807) is 49.4 Å². The molecule has 0 radical (unpaired) electrons. The summed E-state index contributed by atoms with van der Waals surface area (Å²) in [6.45, 7) is 1.56. The average molecular weight is 917 g/mol. The van der Waals surface area contributed by atoms with Crippen LogP contribution >= 0.6 is 0 Å². The molecule has 5 aromatic carbocycles. The molecule has 0 heterocycles. The molecule has 0 spiro atoms. The van der Waals surface area contributed by atoms with E-state index in [0.29, 0.717) is 46.2 Å². The van der Waals surface area contributed by atoms with Crippen LogP contribution in [-0.4, -0.2) is 0 Å². The summed E-state index contributed by atoms with van der Waals surface area (Å²) in [4.78, 5) is 0. The number of halogens is 14. The molecule has 1 aliphatic carbocycles. The number of rotatable bonds is 3. The number of hydrogen-bond acceptors (Lipinski definition) is 0. The maximum absolute atomic E-state index is 13.9. The van der Waals surface area contributed by atoms with E-state index in [0.717, 1.165) is 0 Å². The molecule has 1 aliphatic rings. The van der Waals surface area contributed by atoms with Crippen molar-refractivity contribution in [1.29, 1.82) is 0 Å². The van der Waals surface area contributed by atoms with Crippen LogP contribution in [0.15, 0.2) is 91.0 Å². The molecule has 0 fully saturated rings. The number of benzene rings is 4. The van der Waals surface area contributed by atoms with Crippen molar-refractivity contribution in [3.8, 4) is 11.1 Å². The zero-order valence-corrected chi connectivity index (χ0v) is 30.1. The molecule has 0 bridgehead atoms. The van der Waals surface area contributed by atoms with Gasteiger partial charge in [0.05, 0.1) is 11.1 Å². The summed E-state index contributed by atoms with van der Waals surface area (Å²) in [5.74, 6) is -0.820. The van der Waals surface area contributed by atoms with Crippen molar-refractivity contribution in [3.05, 3.63) is 136 Å². The smallest absolute Gasteiger partial charge is 0.416 e. The first-order valence-electron chi connectivity index (χ1n) is 13.9. The second-order valence-corrected chi connectivity index (χ2v) is 11.2. The Hall–Kier alpha value is -3.16. The summed E-state index contributed by atoms with van der Waals surface area (Å²) in [6, 6.07) is 16.1. The van der Waals surface area contributed by atoms with Gasteiger partial charge in [-0.1, -0.05) is 67.1 Å². The molecule has 0 aromatic heterocycles. The van der Waals surface area contributed by atoms with Gasteiger partial charge in [0.15, 0.2) is 0 Å². The molecular weight excluding hydrogens is 898 g/mol. The minimum atomic E-state index is -5.17. The first kappa shape index (κ1) is 41.3. The first-order valence-corrected chi connectivity index (χ1v) is 13.9. The van der Waals surface area contributed by atoms with Gasteiger partial charge in [0.2, 0.25) is 0 Å². The molecule has 6 rings (SSSR count). The SMILES string of the molecule is CC1C(c2cc(C(F)(F)F)cc(C(F)(F)F)c2)=C(c2c(-c3cc(C(F)(F)F)cc(C(F)(F)F)c3)[cH-]c3ccccc23)c2ccccc21.[Cl-].[Cl-].[Hf]. The molecule has 0 N–H and O–H groups in total. The molecule has 0 aliphatic heterocycles. The Labute approximate surface area is 308 Å². The van der Waals surface area contributed by atoms with Gasteiger partial charge in [0.1, 0.15) is 0 Å². The van der Waals surface area contributed by atoms with Crippen LogP contribution in [0, 0.1) is 0 Å². The Kier molecular flexibility index (Phi) is 11.6. The summed E-state index contributed by atoms with van der Waals surface area (Å²) >= 11 is 0. The fourth-order valence-corrected chi connectivity index (χ4v) is 6.22. The minimum absolute atomic E-state index is 0. The van der Waals surface area contributed by atoms with Gasteiger partial charge in [-0.05, 0) is 52.1 Å². The monoisotopic (exact) mass is 917 g/mol. The fraction of sp³-hybridized carbons (Fsp3) is 0.171. The molecule has 0 amide bonds. The molecule has 15 heteroatoms. The Bertz CT molecular complexity index is 2000. The van der Waals surface area contributed by atoms with Gasteiger partial charge in [0.25, 0.3) is 0 Å². The topological polar surface area (TPSA) is 0 Å². The molecular formula is C35H19Cl2F12Hf-3. The quantitative estimate of drug-likeness (QED) is 0.112. The van der Waals surface area contributed by atoms with Crippen LogP contribution in [0.1, 0.15) is 57.3 Å². The van der Waals surface area contributed by atoms with Crippen LogP contribution in [0.2, 0.25) is 0 Å². The van der Waals surface area contributed by atoms with E-state index >= 15 is 0 Å². The van der Waals surface area contributed by atoms with Crippen LogP contribution in [-0.2, 0) is 50.5 Å². The van der Waals surface area contributed by atoms with E-state index in [2.05, 4.69) is 0 Å². The second-order valence-electron chi connectivity index (χ2n) is 11.2. The van der Waals surface area contributed by atoms with Crippen LogP contribution in [0.3, 0.4) is 0 Å². The third-order valence-electron chi connectivity index (χ3n) is 8.25. The normalized spacial score (nSPS) is 14.9. The van der Waals surface area contributed by atoms with E-state index in [4.69, 9.17) is 0 Å². The minimum Gasteiger partial charge on any atom is -1.00 e. The summed E-state index contributed by atoms with van der Waals surface area (Å²) in [7, 11) is 0. The Morgan fingerprint density at radius 1 is 0.540 bits per heavy atom. The Morgan fingerprint density at radius 2 is 0.960 bits per heavy atom. The molecule has 0 saturated heterocycles. The van der Waals surface area contributed by atoms with E-state index in [9.17, 15) is 52.7 Å². The molecule has 50 heavy (non-hydrogen) atoms. The van der Waals surface area contributed by atoms with Crippen molar-refractivity contribution in [2.45, 2.75) is 37.5 Å². The molecule has 5 aromatic rings. The summed E-state index contributed by atoms with van der Waals surface area (Å²) < 4.78 is 167. The number of fused-ring (bicyclic) bond motifs is 2. The van der Waals surface area contributed by atoms with Crippen LogP contribution in [0.25, 0.3) is 33.0 Å². The number of allylic oxidation sites excluding steroid dienone is 1. The molecule has 264 valence electrons. The molecule has 1 unspecified atom stereocenters. The number of alkyl halides is 12. The van der Waals surface area contributed by atoms with Crippen molar-refractivity contribution in [1.82, 2.24) is 0 Å². The molecule has 1 atom stereocenters. The van der Waals surface area contributed by atoms with Crippen LogP contribution < -0.4 is 24.8 Å². The molecule has 0 saturated carbocycles. The van der Waals surface area contributed by atoms with Gasteiger partial charge in [0, 0.05) is 42.9 Å². The van der Waals surface area contributed by atoms with Crippen molar-refractivity contribution in [2.24, 2.45) is 0 Å². The number of hydrogen-bond donors (Lipinski definition) is 0. The predicted octanol–water partition coefficient (Wildman–Crippen LogP) is 6.38. The maximum atomic E-state index is 13.9. The van der Waals surface area contributed by atoms with Crippen LogP contribution in [0.5, 0.6) is 0 Å². The van der Waals surface area contributed by atoms with Gasteiger partial charge >= 0.3 is 24.7 Å². The standard InChI is InChI=1S/C35H19F12.2ClH.Hf/c1-17-25-7-4-5-9-27(25)31(29(17)20-12-23(34(42,43)44)16-24(13-20)35(45,46)47)30-26-8-3-2-6-18(26)14-28(30)19-10-21(32(36,37)38)15-22(11-19)33(39,40)41;;;/h2-17H,1H3;2*1H;/q-1;;;/p-2. The van der Waals surface area contributed by atoms with Gasteiger partial charge in [-0.15, -0.1) is 34.0 Å². The van der Waals surface area contributed by atoms with Gasteiger partial charge in [-0.2, -0.15) is 52.7 Å². The average Bonchev–Trinajstić information content (AvgIpc) is 3.50. The largest absolute Gasteiger partial charge is 1.00 e. The fourth-order valence-electron chi connectivity index (χ4n) is 6.22. The van der Waals surface area contributed by atoms with Gasteiger partial charge in [-0.25, -0.2) is 0 Å². The van der Waals surface area contributed by atoms with Crippen molar-refractivity contribution >= 4 is 21.9 Å². The first-order chi connectivity index (χ1) is 21.7. The summed E-state index contributed by atoms with van der Waals surface area (Å²) in [5.41, 5.74) is -6.30. The summed E-state index contributed by atoms with van der Waals surface area (Å²) in [6.07, 6.45) is -20.7. The third-order valence-corrected chi connectivity index (χ3v) is 8.25. The van der Waals surface area contributed by atoms with Gasteiger partial charge in [-0.3, -0.25) is 0 Å². The Balaban J connectivity index is 0.00000225. The maximum Gasteiger partial charge on any atom is 0.416 e. The summed E-state index contributed by atoms with van der Waals surface area (Å²) in [5, 5.41) is 0.709. The predicted molar refractivity (Wildman–Crippen MR) is 152 cm³/mol. The molecule has 0 nitrogen and oxygen atoms in total. The Morgan fingerprint density at radius 3 is 1.44 bits per heavy atom. The van der Waals surface area contributed by atoms with Crippen molar-refractivity contribution in [2.75, 3.05) is 0 Å². The van der Waals surface area contributed by atoms with E-state index in [-0.39, 0.29) is 85.1 Å². The van der Waals surface area contributed by atoms with Crippen LogP contribution in [0.4, 0.5) is 52.7 Å². The third kappa shape index (κ3) is 7.55. The van der Waals surface area contributed by atoms with Gasteiger partial charge < -0.3 is 24.8 Å². The van der Waals surface area contributed by atoms with E-state index < -0.39 is 64.0 Å². The zero-order chi connectivity index (χ0) is 34.3. The van der Waals surface area contributed by atoms with Crippen molar-refractivity contribution < 1.29 is 103 Å². The second kappa shape index (κ2) is 14.1. The van der Waals surface area contributed by atoms with E-state index in [1.165, 1.54) is 12.1 Å². The zero-order valence-electron chi connectivity index (χ0n) is 25.0. The van der Waals surface area contributed by atoms with E-state index in [1.807, 2.05) is 0 Å².